The van der Waals surface area contributed by atoms with E-state index < -0.39 is 0 Å². The average molecular weight is 194 g/mol. The fourth-order valence-corrected chi connectivity index (χ4v) is 4.41. The summed E-state index contributed by atoms with van der Waals surface area (Å²) >= 11 is 0. The number of hydrogen-bond acceptors (Lipinski definition) is 0. The Morgan fingerprint density at radius 1 is 0.929 bits per heavy atom. The van der Waals surface area contributed by atoms with Crippen LogP contribution in [0.3, 0.4) is 0 Å². The van der Waals surface area contributed by atoms with Gasteiger partial charge in [-0.05, 0) is 42.4 Å². The summed E-state index contributed by atoms with van der Waals surface area (Å²) in [6.07, 6.45) is 9.00. The fourth-order valence-electron chi connectivity index (χ4n) is 4.41. The van der Waals surface area contributed by atoms with Crippen molar-refractivity contribution in [2.45, 2.75) is 59.3 Å². The minimum atomic E-state index is 1.01. The second kappa shape index (κ2) is 4.24. The third-order valence-electron chi connectivity index (χ3n) is 5.13. The first-order valence-corrected chi connectivity index (χ1v) is 6.74. The molecule has 0 bridgehead atoms. The molecule has 0 heteroatoms. The van der Waals surface area contributed by atoms with Gasteiger partial charge in [-0.3, -0.25) is 0 Å². The van der Waals surface area contributed by atoms with Crippen molar-refractivity contribution in [1.82, 2.24) is 0 Å². The minimum absolute atomic E-state index is 1.01. The van der Waals surface area contributed by atoms with Crippen LogP contribution in [0.2, 0.25) is 0 Å². The molecule has 0 aromatic carbocycles. The van der Waals surface area contributed by atoms with Gasteiger partial charge in [0.05, 0.1) is 0 Å². The quantitative estimate of drug-likeness (QED) is 0.577. The Labute approximate surface area is 89.5 Å². The molecule has 0 spiro atoms. The Kier molecular flexibility index (Phi) is 3.19. The standard InChI is InChI=1S/C14H26/c1-4-12-9-8-11(3)14-10(2)6-5-7-13(12)14/h10-14H,4-9H2,1-3H3. The molecule has 82 valence electrons. The van der Waals surface area contributed by atoms with E-state index in [1.807, 2.05) is 0 Å². The first-order chi connectivity index (χ1) is 6.74. The van der Waals surface area contributed by atoms with Crippen LogP contribution in [0.4, 0.5) is 0 Å². The van der Waals surface area contributed by atoms with Crippen LogP contribution in [0.25, 0.3) is 0 Å². The van der Waals surface area contributed by atoms with Crippen LogP contribution >= 0.6 is 0 Å². The summed E-state index contributed by atoms with van der Waals surface area (Å²) in [6, 6.07) is 0. The SMILES string of the molecule is CCC1CCC(C)C2C(C)CCCC12. The summed E-state index contributed by atoms with van der Waals surface area (Å²) in [4.78, 5) is 0. The molecule has 0 saturated heterocycles. The van der Waals surface area contributed by atoms with Crippen LogP contribution in [-0.2, 0) is 0 Å². The summed E-state index contributed by atoms with van der Waals surface area (Å²) in [5.74, 6) is 5.25. The Morgan fingerprint density at radius 2 is 1.64 bits per heavy atom. The van der Waals surface area contributed by atoms with Gasteiger partial charge in [0.15, 0.2) is 0 Å². The molecular weight excluding hydrogens is 168 g/mol. The first kappa shape index (κ1) is 10.5. The topological polar surface area (TPSA) is 0 Å². The van der Waals surface area contributed by atoms with Crippen LogP contribution in [-0.4, -0.2) is 0 Å². The predicted molar refractivity (Wildman–Crippen MR) is 62.2 cm³/mol. The van der Waals surface area contributed by atoms with Gasteiger partial charge in [0.1, 0.15) is 0 Å². The molecule has 0 N–H and O–H groups in total. The zero-order valence-electron chi connectivity index (χ0n) is 10.1. The van der Waals surface area contributed by atoms with Gasteiger partial charge in [0, 0.05) is 0 Å². The number of fused-ring (bicyclic) bond motifs is 1. The highest BCUT2D eigenvalue weighted by atomic mass is 14.5. The lowest BCUT2D eigenvalue weighted by atomic mass is 9.58. The first-order valence-electron chi connectivity index (χ1n) is 6.74. The van der Waals surface area contributed by atoms with Crippen molar-refractivity contribution < 1.29 is 0 Å². The van der Waals surface area contributed by atoms with Crippen molar-refractivity contribution in [1.29, 1.82) is 0 Å². The van der Waals surface area contributed by atoms with E-state index in [0.717, 1.165) is 29.6 Å². The molecule has 5 unspecified atom stereocenters. The molecule has 0 radical (unpaired) electrons. The molecule has 0 aromatic heterocycles. The van der Waals surface area contributed by atoms with Crippen LogP contribution in [0, 0.1) is 29.6 Å². The molecule has 2 aliphatic rings. The normalized spacial score (nSPS) is 48.6. The largest absolute Gasteiger partial charge is 0.0651 e. The molecule has 0 aliphatic heterocycles. The van der Waals surface area contributed by atoms with E-state index in [1.54, 1.807) is 0 Å². The van der Waals surface area contributed by atoms with Gasteiger partial charge < -0.3 is 0 Å². The molecule has 0 aromatic rings. The molecule has 0 amide bonds. The zero-order chi connectivity index (χ0) is 10.1. The smallest absolute Gasteiger partial charge is 0.0332 e. The third kappa shape index (κ3) is 1.73. The van der Waals surface area contributed by atoms with Crippen molar-refractivity contribution in [3.63, 3.8) is 0 Å². The van der Waals surface area contributed by atoms with E-state index in [2.05, 4.69) is 20.8 Å². The molecule has 2 aliphatic carbocycles. The molecule has 2 fully saturated rings. The monoisotopic (exact) mass is 194 g/mol. The van der Waals surface area contributed by atoms with Crippen molar-refractivity contribution >= 4 is 0 Å². The van der Waals surface area contributed by atoms with Gasteiger partial charge in [-0.1, -0.05) is 46.5 Å². The van der Waals surface area contributed by atoms with Gasteiger partial charge in [0.25, 0.3) is 0 Å². The van der Waals surface area contributed by atoms with Crippen molar-refractivity contribution in [2.24, 2.45) is 29.6 Å². The molecule has 2 saturated carbocycles. The maximum atomic E-state index is 2.51. The Morgan fingerprint density at radius 3 is 2.36 bits per heavy atom. The Bertz CT molecular complexity index is 180. The highest BCUT2D eigenvalue weighted by Crippen LogP contribution is 2.49. The highest BCUT2D eigenvalue weighted by Gasteiger charge is 2.40. The van der Waals surface area contributed by atoms with Gasteiger partial charge in [-0.2, -0.15) is 0 Å². The van der Waals surface area contributed by atoms with E-state index in [4.69, 9.17) is 0 Å². The van der Waals surface area contributed by atoms with Crippen LogP contribution in [0.15, 0.2) is 0 Å². The van der Waals surface area contributed by atoms with E-state index in [1.165, 1.54) is 38.5 Å². The van der Waals surface area contributed by atoms with Crippen LogP contribution in [0.1, 0.15) is 59.3 Å². The van der Waals surface area contributed by atoms with E-state index >= 15 is 0 Å². The Hall–Kier alpha value is 0. The third-order valence-corrected chi connectivity index (χ3v) is 5.13. The molecule has 2 rings (SSSR count). The zero-order valence-corrected chi connectivity index (χ0v) is 10.1. The van der Waals surface area contributed by atoms with Crippen LogP contribution < -0.4 is 0 Å². The molecule has 14 heavy (non-hydrogen) atoms. The minimum Gasteiger partial charge on any atom is -0.0651 e. The maximum absolute atomic E-state index is 2.51. The summed E-state index contributed by atoms with van der Waals surface area (Å²) in [5, 5.41) is 0. The fraction of sp³-hybridized carbons (Fsp3) is 1.00. The molecule has 0 heterocycles. The van der Waals surface area contributed by atoms with Gasteiger partial charge >= 0.3 is 0 Å². The number of hydrogen-bond donors (Lipinski definition) is 0. The van der Waals surface area contributed by atoms with E-state index in [-0.39, 0.29) is 0 Å². The second-order valence-corrected chi connectivity index (χ2v) is 5.87. The van der Waals surface area contributed by atoms with E-state index in [9.17, 15) is 0 Å². The Balaban J connectivity index is 2.12. The van der Waals surface area contributed by atoms with Crippen molar-refractivity contribution in [3.8, 4) is 0 Å². The molecule has 5 atom stereocenters. The number of rotatable bonds is 1. The second-order valence-electron chi connectivity index (χ2n) is 5.87. The summed E-state index contributed by atoms with van der Waals surface area (Å²) in [6.45, 7) is 7.41. The van der Waals surface area contributed by atoms with Gasteiger partial charge in [-0.15, -0.1) is 0 Å². The summed E-state index contributed by atoms with van der Waals surface area (Å²) in [7, 11) is 0. The summed E-state index contributed by atoms with van der Waals surface area (Å²) in [5.41, 5.74) is 0. The lowest BCUT2D eigenvalue weighted by Crippen LogP contribution is -2.39. The van der Waals surface area contributed by atoms with Gasteiger partial charge in [0.2, 0.25) is 0 Å². The average Bonchev–Trinajstić information content (AvgIpc) is 2.18. The summed E-state index contributed by atoms with van der Waals surface area (Å²) < 4.78 is 0. The molecular formula is C14H26. The van der Waals surface area contributed by atoms with E-state index in [0.29, 0.717) is 0 Å². The maximum Gasteiger partial charge on any atom is -0.0332 e. The van der Waals surface area contributed by atoms with Crippen LogP contribution in [0.5, 0.6) is 0 Å². The highest BCUT2D eigenvalue weighted by molar-refractivity contribution is 4.90. The van der Waals surface area contributed by atoms with Crippen molar-refractivity contribution in [3.05, 3.63) is 0 Å². The van der Waals surface area contributed by atoms with Crippen molar-refractivity contribution in [2.75, 3.05) is 0 Å². The lowest BCUT2D eigenvalue weighted by Gasteiger charge is -2.48. The molecule has 0 nitrogen and oxygen atoms in total. The predicted octanol–water partition coefficient (Wildman–Crippen LogP) is 4.49. The van der Waals surface area contributed by atoms with Gasteiger partial charge in [-0.25, -0.2) is 0 Å². The lowest BCUT2D eigenvalue weighted by molar-refractivity contribution is 0.0185.